The van der Waals surface area contributed by atoms with Crippen molar-refractivity contribution in [2.45, 2.75) is 11.2 Å². The number of alkyl halides is 2. The lowest BCUT2D eigenvalue weighted by molar-refractivity contribution is 0.554. The molecule has 1 aromatic carbocycles. The number of nitrogens with zero attached hydrogens (tertiary/aromatic N) is 1. The smallest absolute Gasteiger partial charge is 0.210 e. The van der Waals surface area contributed by atoms with E-state index in [4.69, 9.17) is 16.0 Å². The highest BCUT2D eigenvalue weighted by atomic mass is 79.9. The fourth-order valence-corrected chi connectivity index (χ4v) is 1.62. The van der Waals surface area contributed by atoms with Crippen molar-refractivity contribution in [2.75, 3.05) is 0 Å². The fraction of sp³-hybridized carbons (Fsp3) is 0.222. The standard InChI is InChI=1S/C9H7BrClNO/c10-4-6-1-2-7-8(3-6)13-9(5-11)12-7/h1-3H,4-5H2. The molecular formula is C9H7BrClNO. The number of benzene rings is 1. The van der Waals surface area contributed by atoms with Gasteiger partial charge in [0.2, 0.25) is 5.89 Å². The summed E-state index contributed by atoms with van der Waals surface area (Å²) in [5.74, 6) is 0.890. The van der Waals surface area contributed by atoms with Gasteiger partial charge < -0.3 is 4.42 Å². The molecule has 0 aliphatic rings. The van der Waals surface area contributed by atoms with Gasteiger partial charge in [-0.1, -0.05) is 22.0 Å². The van der Waals surface area contributed by atoms with Gasteiger partial charge in [0.05, 0.1) is 5.88 Å². The average molecular weight is 261 g/mol. The minimum atomic E-state index is 0.318. The van der Waals surface area contributed by atoms with Gasteiger partial charge in [-0.05, 0) is 17.7 Å². The van der Waals surface area contributed by atoms with E-state index >= 15 is 0 Å². The third kappa shape index (κ3) is 1.71. The summed E-state index contributed by atoms with van der Waals surface area (Å²) < 4.78 is 5.40. The Labute approximate surface area is 89.0 Å². The Morgan fingerprint density at radius 2 is 2.31 bits per heavy atom. The summed E-state index contributed by atoms with van der Waals surface area (Å²) in [6, 6.07) is 5.91. The molecule has 0 saturated carbocycles. The Kier molecular flexibility index (Phi) is 2.56. The highest BCUT2D eigenvalue weighted by Crippen LogP contribution is 2.19. The van der Waals surface area contributed by atoms with Gasteiger partial charge in [0.25, 0.3) is 0 Å². The first-order valence-corrected chi connectivity index (χ1v) is 5.49. The van der Waals surface area contributed by atoms with Crippen molar-refractivity contribution in [3.8, 4) is 0 Å². The van der Waals surface area contributed by atoms with Gasteiger partial charge in [-0.3, -0.25) is 0 Å². The van der Waals surface area contributed by atoms with Crippen LogP contribution in [0.15, 0.2) is 22.6 Å². The number of hydrogen-bond donors (Lipinski definition) is 0. The van der Waals surface area contributed by atoms with Crippen molar-refractivity contribution in [3.63, 3.8) is 0 Å². The van der Waals surface area contributed by atoms with Crippen LogP contribution in [0.4, 0.5) is 0 Å². The van der Waals surface area contributed by atoms with E-state index < -0.39 is 0 Å². The van der Waals surface area contributed by atoms with Crippen LogP contribution in [0.3, 0.4) is 0 Å². The first kappa shape index (κ1) is 9.03. The molecule has 68 valence electrons. The number of oxazole rings is 1. The zero-order valence-electron chi connectivity index (χ0n) is 6.76. The largest absolute Gasteiger partial charge is 0.439 e. The summed E-state index contributed by atoms with van der Waals surface area (Å²) in [4.78, 5) is 4.19. The second-order valence-corrected chi connectivity index (χ2v) is 3.50. The maximum absolute atomic E-state index is 5.61. The van der Waals surface area contributed by atoms with Crippen molar-refractivity contribution in [1.82, 2.24) is 4.98 Å². The normalized spacial score (nSPS) is 10.9. The molecule has 1 heterocycles. The minimum Gasteiger partial charge on any atom is -0.439 e. The van der Waals surface area contributed by atoms with Crippen LogP contribution >= 0.6 is 27.5 Å². The average Bonchev–Trinajstić information content (AvgIpc) is 2.58. The monoisotopic (exact) mass is 259 g/mol. The van der Waals surface area contributed by atoms with Gasteiger partial charge in [0, 0.05) is 5.33 Å². The lowest BCUT2D eigenvalue weighted by Crippen LogP contribution is -1.75. The second kappa shape index (κ2) is 3.68. The molecule has 1 aromatic heterocycles. The van der Waals surface area contributed by atoms with Gasteiger partial charge in [-0.25, -0.2) is 4.98 Å². The van der Waals surface area contributed by atoms with E-state index in [1.165, 1.54) is 5.56 Å². The van der Waals surface area contributed by atoms with Crippen LogP contribution in [0.2, 0.25) is 0 Å². The van der Waals surface area contributed by atoms with Crippen LogP contribution in [-0.2, 0) is 11.2 Å². The minimum absolute atomic E-state index is 0.318. The van der Waals surface area contributed by atoms with E-state index in [2.05, 4.69) is 20.9 Å². The van der Waals surface area contributed by atoms with Crippen LogP contribution in [0.5, 0.6) is 0 Å². The van der Waals surface area contributed by atoms with Crippen molar-refractivity contribution >= 4 is 38.6 Å². The number of aromatic nitrogens is 1. The fourth-order valence-electron chi connectivity index (χ4n) is 1.16. The SMILES string of the molecule is ClCc1nc2ccc(CBr)cc2o1. The summed E-state index contributed by atoms with van der Waals surface area (Å²) in [5.41, 5.74) is 2.83. The van der Waals surface area contributed by atoms with Gasteiger partial charge in [0.1, 0.15) is 5.52 Å². The van der Waals surface area contributed by atoms with Gasteiger partial charge in [0.15, 0.2) is 5.58 Å². The first-order chi connectivity index (χ1) is 6.33. The lowest BCUT2D eigenvalue weighted by atomic mass is 10.2. The van der Waals surface area contributed by atoms with Crippen molar-refractivity contribution in [2.24, 2.45) is 0 Å². The third-order valence-corrected chi connectivity index (χ3v) is 2.64. The molecular weight excluding hydrogens is 253 g/mol. The Balaban J connectivity index is 2.57. The number of fused-ring (bicyclic) bond motifs is 1. The topological polar surface area (TPSA) is 26.0 Å². The van der Waals surface area contributed by atoms with E-state index in [0.717, 1.165) is 16.4 Å². The summed E-state index contributed by atoms with van der Waals surface area (Å²) in [5, 5.41) is 0.819. The number of rotatable bonds is 2. The van der Waals surface area contributed by atoms with Crippen LogP contribution in [0, 0.1) is 0 Å². The molecule has 0 aliphatic heterocycles. The van der Waals surface area contributed by atoms with E-state index in [9.17, 15) is 0 Å². The van der Waals surface area contributed by atoms with Crippen molar-refractivity contribution in [1.29, 1.82) is 0 Å². The van der Waals surface area contributed by atoms with Crippen LogP contribution in [0.1, 0.15) is 11.5 Å². The molecule has 2 nitrogen and oxygen atoms in total. The maximum Gasteiger partial charge on any atom is 0.210 e. The molecule has 0 N–H and O–H groups in total. The first-order valence-electron chi connectivity index (χ1n) is 3.84. The van der Waals surface area contributed by atoms with Crippen molar-refractivity contribution in [3.05, 3.63) is 29.7 Å². The molecule has 0 atom stereocenters. The molecule has 0 radical (unpaired) electrons. The molecule has 0 spiro atoms. The van der Waals surface area contributed by atoms with E-state index in [0.29, 0.717) is 11.8 Å². The van der Waals surface area contributed by atoms with Crippen LogP contribution in [-0.4, -0.2) is 4.98 Å². The third-order valence-electron chi connectivity index (χ3n) is 1.77. The van der Waals surface area contributed by atoms with Gasteiger partial charge in [-0.2, -0.15) is 0 Å². The summed E-state index contributed by atoms with van der Waals surface area (Å²) in [6.45, 7) is 0. The van der Waals surface area contributed by atoms with Gasteiger partial charge >= 0.3 is 0 Å². The molecule has 0 aliphatic carbocycles. The molecule has 0 unspecified atom stereocenters. The molecule has 2 aromatic rings. The predicted molar refractivity (Wildman–Crippen MR) is 56.2 cm³/mol. The number of halogens is 2. The van der Waals surface area contributed by atoms with E-state index in [-0.39, 0.29) is 0 Å². The maximum atomic E-state index is 5.61. The highest BCUT2D eigenvalue weighted by Gasteiger charge is 2.04. The molecule has 0 amide bonds. The Morgan fingerprint density at radius 1 is 1.46 bits per heavy atom. The van der Waals surface area contributed by atoms with E-state index in [1.54, 1.807) is 0 Å². The Bertz CT molecular complexity index is 424. The quantitative estimate of drug-likeness (QED) is 0.773. The van der Waals surface area contributed by atoms with E-state index in [1.807, 2.05) is 18.2 Å². The molecule has 0 fully saturated rings. The zero-order valence-corrected chi connectivity index (χ0v) is 9.10. The summed E-state index contributed by atoms with van der Waals surface area (Å²) in [7, 11) is 0. The van der Waals surface area contributed by atoms with Gasteiger partial charge in [-0.15, -0.1) is 11.6 Å². The Hall–Kier alpha value is -0.540. The van der Waals surface area contributed by atoms with Crippen LogP contribution < -0.4 is 0 Å². The lowest BCUT2D eigenvalue weighted by Gasteiger charge is -1.91. The summed E-state index contributed by atoms with van der Waals surface area (Å²) >= 11 is 8.99. The second-order valence-electron chi connectivity index (χ2n) is 2.68. The molecule has 0 bridgehead atoms. The van der Waals surface area contributed by atoms with Crippen LogP contribution in [0.25, 0.3) is 11.1 Å². The molecule has 0 saturated heterocycles. The predicted octanol–water partition coefficient (Wildman–Crippen LogP) is 3.46. The summed E-state index contributed by atoms with van der Waals surface area (Å²) in [6.07, 6.45) is 0. The zero-order chi connectivity index (χ0) is 9.26. The molecule has 4 heteroatoms. The number of hydrogen-bond acceptors (Lipinski definition) is 2. The molecule has 2 rings (SSSR count). The van der Waals surface area contributed by atoms with Crippen molar-refractivity contribution < 1.29 is 4.42 Å². The Morgan fingerprint density at radius 3 is 3.00 bits per heavy atom. The highest BCUT2D eigenvalue weighted by molar-refractivity contribution is 9.08. The molecule has 13 heavy (non-hydrogen) atoms.